The van der Waals surface area contributed by atoms with Crippen molar-refractivity contribution in [2.24, 2.45) is 17.3 Å². The maximum absolute atomic E-state index is 12.3. The second kappa shape index (κ2) is 6.24. The van der Waals surface area contributed by atoms with Crippen LogP contribution in [0.2, 0.25) is 0 Å². The minimum Gasteiger partial charge on any atom is -0.396 e. The van der Waals surface area contributed by atoms with Gasteiger partial charge in [-0.3, -0.25) is 14.4 Å². The van der Waals surface area contributed by atoms with Crippen molar-refractivity contribution in [2.75, 3.05) is 32.8 Å². The number of nitrogens with zero attached hydrogens (tertiary/aromatic N) is 4. The van der Waals surface area contributed by atoms with Crippen LogP contribution in [-0.2, 0) is 17.9 Å². The Hall–Kier alpha value is -1.40. The van der Waals surface area contributed by atoms with Gasteiger partial charge in [-0.05, 0) is 12.8 Å². The maximum Gasteiger partial charge on any atom is 0.225 e. The molecule has 0 unspecified atom stereocenters. The van der Waals surface area contributed by atoms with Crippen molar-refractivity contribution in [1.82, 2.24) is 19.6 Å². The van der Waals surface area contributed by atoms with E-state index < -0.39 is 0 Å². The van der Waals surface area contributed by atoms with Crippen molar-refractivity contribution in [3.63, 3.8) is 0 Å². The minimum absolute atomic E-state index is 0.0283. The monoisotopic (exact) mass is 320 g/mol. The molecule has 2 saturated heterocycles. The van der Waals surface area contributed by atoms with Crippen molar-refractivity contribution in [2.45, 2.75) is 33.9 Å². The highest BCUT2D eigenvalue weighted by atomic mass is 16.3. The van der Waals surface area contributed by atoms with Gasteiger partial charge in [0.25, 0.3) is 0 Å². The average molecular weight is 320 g/mol. The number of aromatic nitrogens is 2. The first-order valence-corrected chi connectivity index (χ1v) is 8.60. The van der Waals surface area contributed by atoms with E-state index in [4.69, 9.17) is 0 Å². The number of aryl methyl sites for hydroxylation is 1. The quantitative estimate of drug-likeness (QED) is 0.872. The molecule has 0 radical (unpaired) electrons. The molecule has 1 amide bonds. The fourth-order valence-corrected chi connectivity index (χ4v) is 4.09. The first-order valence-electron chi connectivity index (χ1n) is 8.60. The number of carbonyl (C=O) groups excluding carboxylic acids is 1. The van der Waals surface area contributed by atoms with Gasteiger partial charge < -0.3 is 10.0 Å². The summed E-state index contributed by atoms with van der Waals surface area (Å²) < 4.78 is 1.94. The van der Waals surface area contributed by atoms with E-state index in [1.807, 2.05) is 29.6 Å². The summed E-state index contributed by atoms with van der Waals surface area (Å²) in [7, 11) is 0. The van der Waals surface area contributed by atoms with Crippen molar-refractivity contribution in [1.29, 1.82) is 0 Å². The summed E-state index contributed by atoms with van der Waals surface area (Å²) in [6.45, 7) is 11.2. The van der Waals surface area contributed by atoms with Crippen LogP contribution in [0.25, 0.3) is 0 Å². The molecule has 2 fully saturated rings. The Kier molecular flexibility index (Phi) is 4.47. The van der Waals surface area contributed by atoms with Crippen molar-refractivity contribution < 1.29 is 9.90 Å². The Balaban J connectivity index is 1.65. The summed E-state index contributed by atoms with van der Waals surface area (Å²) in [4.78, 5) is 16.6. The number of amides is 1. The molecule has 6 heteroatoms. The molecule has 23 heavy (non-hydrogen) atoms. The first kappa shape index (κ1) is 16.5. The van der Waals surface area contributed by atoms with Crippen LogP contribution in [0, 0.1) is 17.3 Å². The van der Waals surface area contributed by atoms with E-state index in [9.17, 15) is 9.90 Å². The molecule has 2 atom stereocenters. The van der Waals surface area contributed by atoms with Gasteiger partial charge in [0.05, 0.1) is 12.8 Å². The molecule has 128 valence electrons. The number of rotatable bonds is 5. The van der Waals surface area contributed by atoms with E-state index in [1.165, 1.54) is 5.56 Å². The van der Waals surface area contributed by atoms with E-state index in [0.717, 1.165) is 32.7 Å². The van der Waals surface area contributed by atoms with Gasteiger partial charge >= 0.3 is 0 Å². The number of aliphatic hydroxyl groups is 1. The summed E-state index contributed by atoms with van der Waals surface area (Å²) in [6, 6.07) is 0. The number of likely N-dealkylation sites (tertiary alicyclic amines) is 2. The topological polar surface area (TPSA) is 61.6 Å². The predicted molar refractivity (Wildman–Crippen MR) is 87.6 cm³/mol. The molecular formula is C17H28N4O2. The Labute approximate surface area is 138 Å². The standard InChI is InChI=1S/C17H28N4O2/c1-4-21-7-14(5-18-21)6-19-8-15-9-20(16(23)13(2)3)11-17(15,10-19)12-22/h5,7,13,15,22H,4,6,8-12H2,1-3H3/t15-,17+/m0/s1. The highest BCUT2D eigenvalue weighted by molar-refractivity contribution is 5.78. The Bertz CT molecular complexity index is 571. The van der Waals surface area contributed by atoms with Gasteiger partial charge in [-0.2, -0.15) is 5.10 Å². The van der Waals surface area contributed by atoms with E-state index in [0.29, 0.717) is 12.5 Å². The second-order valence-corrected chi connectivity index (χ2v) is 7.46. The number of carbonyl (C=O) groups is 1. The van der Waals surface area contributed by atoms with Gasteiger partial charge in [0.1, 0.15) is 0 Å². The van der Waals surface area contributed by atoms with Crippen LogP contribution < -0.4 is 0 Å². The van der Waals surface area contributed by atoms with Gasteiger partial charge in [0.15, 0.2) is 0 Å². The summed E-state index contributed by atoms with van der Waals surface area (Å²) in [6.07, 6.45) is 4.02. The van der Waals surface area contributed by atoms with Crippen LogP contribution in [0.3, 0.4) is 0 Å². The lowest BCUT2D eigenvalue weighted by molar-refractivity contribution is -0.134. The zero-order valence-corrected chi connectivity index (χ0v) is 14.4. The SMILES string of the molecule is CCn1cc(CN2C[C@H]3CN(C(=O)C(C)C)C[C@@]3(CO)C2)cn1. The van der Waals surface area contributed by atoms with E-state index in [-0.39, 0.29) is 23.8 Å². The molecule has 1 aromatic rings. The molecule has 0 aromatic carbocycles. The Morgan fingerprint density at radius 2 is 2.22 bits per heavy atom. The zero-order valence-electron chi connectivity index (χ0n) is 14.4. The second-order valence-electron chi connectivity index (χ2n) is 7.46. The first-order chi connectivity index (χ1) is 11.0. The van der Waals surface area contributed by atoms with Crippen LogP contribution >= 0.6 is 0 Å². The molecule has 1 N–H and O–H groups in total. The molecule has 0 bridgehead atoms. The molecule has 0 saturated carbocycles. The van der Waals surface area contributed by atoms with Crippen molar-refractivity contribution >= 4 is 5.91 Å². The zero-order chi connectivity index (χ0) is 16.6. The van der Waals surface area contributed by atoms with E-state index in [1.54, 1.807) is 0 Å². The van der Waals surface area contributed by atoms with Crippen LogP contribution in [0.5, 0.6) is 0 Å². The fraction of sp³-hybridized carbons (Fsp3) is 0.765. The van der Waals surface area contributed by atoms with Crippen LogP contribution in [0.4, 0.5) is 0 Å². The lowest BCUT2D eigenvalue weighted by Gasteiger charge is -2.27. The average Bonchev–Trinajstić information content (AvgIpc) is 3.18. The summed E-state index contributed by atoms with van der Waals surface area (Å²) in [5.41, 5.74) is 1.07. The van der Waals surface area contributed by atoms with E-state index >= 15 is 0 Å². The molecule has 2 aliphatic rings. The summed E-state index contributed by atoms with van der Waals surface area (Å²) in [5.74, 6) is 0.611. The van der Waals surface area contributed by atoms with Gasteiger partial charge in [-0.15, -0.1) is 0 Å². The predicted octanol–water partition coefficient (Wildman–Crippen LogP) is 0.812. The van der Waals surface area contributed by atoms with E-state index in [2.05, 4.69) is 23.1 Å². The van der Waals surface area contributed by atoms with Gasteiger partial charge in [-0.1, -0.05) is 13.8 Å². The van der Waals surface area contributed by atoms with Crippen molar-refractivity contribution in [3.05, 3.63) is 18.0 Å². The van der Waals surface area contributed by atoms with Crippen LogP contribution in [0.1, 0.15) is 26.3 Å². The van der Waals surface area contributed by atoms with Crippen LogP contribution in [-0.4, -0.2) is 63.4 Å². The number of hydrogen-bond acceptors (Lipinski definition) is 4. The van der Waals surface area contributed by atoms with Gasteiger partial charge in [0, 0.05) is 62.4 Å². The summed E-state index contributed by atoms with van der Waals surface area (Å²) in [5, 5.41) is 14.3. The smallest absolute Gasteiger partial charge is 0.225 e. The maximum atomic E-state index is 12.3. The lowest BCUT2D eigenvalue weighted by atomic mass is 9.82. The third-order valence-corrected chi connectivity index (χ3v) is 5.37. The fourth-order valence-electron chi connectivity index (χ4n) is 4.09. The molecule has 0 spiro atoms. The van der Waals surface area contributed by atoms with Gasteiger partial charge in [-0.25, -0.2) is 0 Å². The lowest BCUT2D eigenvalue weighted by Crippen LogP contribution is -2.40. The molecule has 0 aliphatic carbocycles. The molecule has 3 heterocycles. The van der Waals surface area contributed by atoms with Crippen LogP contribution in [0.15, 0.2) is 12.4 Å². The number of aliphatic hydroxyl groups excluding tert-OH is 1. The summed E-state index contributed by atoms with van der Waals surface area (Å²) >= 11 is 0. The van der Waals surface area contributed by atoms with Gasteiger partial charge in [0.2, 0.25) is 5.91 Å². The minimum atomic E-state index is -0.148. The normalized spacial score (nSPS) is 27.9. The highest BCUT2D eigenvalue weighted by Gasteiger charge is 2.53. The third kappa shape index (κ3) is 3.02. The molecule has 2 aliphatic heterocycles. The molecular weight excluding hydrogens is 292 g/mol. The molecule has 3 rings (SSSR count). The third-order valence-electron chi connectivity index (χ3n) is 5.37. The Morgan fingerprint density at radius 3 is 2.78 bits per heavy atom. The highest BCUT2D eigenvalue weighted by Crippen LogP contribution is 2.42. The number of hydrogen-bond donors (Lipinski definition) is 1. The number of fused-ring (bicyclic) bond motifs is 1. The molecule has 1 aromatic heterocycles. The largest absolute Gasteiger partial charge is 0.396 e. The molecule has 6 nitrogen and oxygen atoms in total. The van der Waals surface area contributed by atoms with Crippen molar-refractivity contribution in [3.8, 4) is 0 Å². The Morgan fingerprint density at radius 1 is 1.43 bits per heavy atom.